The minimum absolute atomic E-state index is 0. The average molecular weight is 491 g/mol. The zero-order valence-electron chi connectivity index (χ0n) is 12.8. The van der Waals surface area contributed by atoms with Gasteiger partial charge in [0.25, 0.3) is 0 Å². The summed E-state index contributed by atoms with van der Waals surface area (Å²) in [5, 5.41) is 6.40. The summed E-state index contributed by atoms with van der Waals surface area (Å²) in [5.74, 6) is 1.58. The number of rotatable bonds is 6. The Morgan fingerprint density at radius 2 is 1.96 bits per heavy atom. The minimum atomic E-state index is 0. The third-order valence-corrected chi connectivity index (χ3v) is 3.39. The fraction of sp³-hybridized carbons (Fsp3) is 0.250. The lowest BCUT2D eigenvalue weighted by Gasteiger charge is -2.12. The first-order valence-electron chi connectivity index (χ1n) is 7.01. The number of aromatic nitrogens is 1. The first-order chi connectivity index (χ1) is 10.8. The first-order valence-corrected chi connectivity index (χ1v) is 7.80. The molecule has 0 bridgehead atoms. The average Bonchev–Trinajstić information content (AvgIpc) is 2.57. The molecular formula is C16H20BrIN4O. The third-order valence-electron chi connectivity index (χ3n) is 2.86. The van der Waals surface area contributed by atoms with Gasteiger partial charge in [0.05, 0.1) is 18.8 Å². The monoisotopic (exact) mass is 490 g/mol. The first kappa shape index (κ1) is 19.7. The van der Waals surface area contributed by atoms with E-state index in [2.05, 4.69) is 36.5 Å². The smallest absolute Gasteiger partial charge is 0.191 e. The number of benzene rings is 1. The standard InChI is InChI=1S/C16H19BrN4O.HI/c1-18-16(21-12-14-4-2-3-9-19-14)20-10-11-22-15-7-5-13(17)6-8-15;/h2-9H,10-12H2,1H3,(H2,18,20,21);1H. The Morgan fingerprint density at radius 3 is 2.61 bits per heavy atom. The molecule has 0 atom stereocenters. The van der Waals surface area contributed by atoms with E-state index in [0.717, 1.165) is 21.9 Å². The van der Waals surface area contributed by atoms with E-state index in [9.17, 15) is 0 Å². The Bertz CT molecular complexity index is 593. The summed E-state index contributed by atoms with van der Waals surface area (Å²) in [6.07, 6.45) is 1.78. The highest BCUT2D eigenvalue weighted by atomic mass is 127. The van der Waals surface area contributed by atoms with Crippen LogP contribution in [-0.4, -0.2) is 31.1 Å². The summed E-state index contributed by atoms with van der Waals surface area (Å²) in [7, 11) is 1.74. The summed E-state index contributed by atoms with van der Waals surface area (Å²) in [5.41, 5.74) is 0.969. The molecular weight excluding hydrogens is 471 g/mol. The number of nitrogens with zero attached hydrogens (tertiary/aromatic N) is 2. The number of aliphatic imine (C=N–C) groups is 1. The van der Waals surface area contributed by atoms with Gasteiger partial charge in [0.1, 0.15) is 12.4 Å². The number of halogens is 2. The number of guanidine groups is 1. The molecule has 0 aliphatic heterocycles. The molecule has 1 heterocycles. The third kappa shape index (κ3) is 7.65. The predicted molar refractivity (Wildman–Crippen MR) is 107 cm³/mol. The second kappa shape index (κ2) is 11.2. The van der Waals surface area contributed by atoms with E-state index in [1.54, 1.807) is 13.2 Å². The molecule has 0 fully saturated rings. The number of hydrogen-bond acceptors (Lipinski definition) is 3. The maximum absolute atomic E-state index is 5.64. The molecule has 0 saturated heterocycles. The van der Waals surface area contributed by atoms with E-state index >= 15 is 0 Å². The van der Waals surface area contributed by atoms with Crippen molar-refractivity contribution < 1.29 is 4.74 Å². The van der Waals surface area contributed by atoms with Crippen LogP contribution >= 0.6 is 39.9 Å². The zero-order chi connectivity index (χ0) is 15.6. The Balaban J connectivity index is 0.00000264. The van der Waals surface area contributed by atoms with E-state index in [1.807, 2.05) is 42.5 Å². The lowest BCUT2D eigenvalue weighted by molar-refractivity contribution is 0.322. The minimum Gasteiger partial charge on any atom is -0.492 e. The van der Waals surface area contributed by atoms with Gasteiger partial charge in [0, 0.05) is 17.7 Å². The molecule has 0 amide bonds. The normalized spacial score (nSPS) is 10.6. The number of pyridine rings is 1. The van der Waals surface area contributed by atoms with Crippen molar-refractivity contribution >= 4 is 45.9 Å². The molecule has 0 saturated carbocycles. The zero-order valence-corrected chi connectivity index (χ0v) is 16.7. The summed E-state index contributed by atoms with van der Waals surface area (Å²) >= 11 is 3.40. The van der Waals surface area contributed by atoms with Gasteiger partial charge in [-0.1, -0.05) is 22.0 Å². The summed E-state index contributed by atoms with van der Waals surface area (Å²) in [6.45, 7) is 1.86. The van der Waals surface area contributed by atoms with Gasteiger partial charge in [-0.25, -0.2) is 0 Å². The van der Waals surface area contributed by atoms with Crippen LogP contribution in [0.5, 0.6) is 5.75 Å². The topological polar surface area (TPSA) is 58.5 Å². The highest BCUT2D eigenvalue weighted by Crippen LogP contribution is 2.15. The van der Waals surface area contributed by atoms with Gasteiger partial charge in [-0.15, -0.1) is 24.0 Å². The highest BCUT2D eigenvalue weighted by molar-refractivity contribution is 14.0. The molecule has 2 rings (SSSR count). The molecule has 0 radical (unpaired) electrons. The predicted octanol–water partition coefficient (Wildman–Crippen LogP) is 3.21. The molecule has 23 heavy (non-hydrogen) atoms. The van der Waals surface area contributed by atoms with Crippen LogP contribution in [0.15, 0.2) is 58.1 Å². The maximum Gasteiger partial charge on any atom is 0.191 e. The van der Waals surface area contributed by atoms with Crippen molar-refractivity contribution in [3.8, 4) is 5.75 Å². The van der Waals surface area contributed by atoms with Gasteiger partial charge in [-0.05, 0) is 36.4 Å². The molecule has 124 valence electrons. The summed E-state index contributed by atoms with van der Waals surface area (Å²) in [4.78, 5) is 8.42. The SMILES string of the molecule is CN=C(NCCOc1ccc(Br)cc1)NCc1ccccn1.I. The number of hydrogen-bond donors (Lipinski definition) is 2. The lowest BCUT2D eigenvalue weighted by atomic mass is 10.3. The highest BCUT2D eigenvalue weighted by Gasteiger charge is 1.99. The Morgan fingerprint density at radius 1 is 1.17 bits per heavy atom. The largest absolute Gasteiger partial charge is 0.492 e. The lowest BCUT2D eigenvalue weighted by Crippen LogP contribution is -2.39. The van der Waals surface area contributed by atoms with Crippen molar-refractivity contribution in [2.75, 3.05) is 20.2 Å². The van der Waals surface area contributed by atoms with Crippen molar-refractivity contribution in [3.63, 3.8) is 0 Å². The van der Waals surface area contributed by atoms with E-state index in [1.165, 1.54) is 0 Å². The van der Waals surface area contributed by atoms with Gasteiger partial charge in [0.2, 0.25) is 0 Å². The van der Waals surface area contributed by atoms with Crippen LogP contribution < -0.4 is 15.4 Å². The van der Waals surface area contributed by atoms with Gasteiger partial charge in [0.15, 0.2) is 5.96 Å². The van der Waals surface area contributed by atoms with Crippen molar-refractivity contribution in [3.05, 3.63) is 58.8 Å². The van der Waals surface area contributed by atoms with Crippen LogP contribution in [0.4, 0.5) is 0 Å². The van der Waals surface area contributed by atoms with E-state index in [4.69, 9.17) is 4.74 Å². The van der Waals surface area contributed by atoms with Gasteiger partial charge in [-0.2, -0.15) is 0 Å². The second-order valence-corrected chi connectivity index (χ2v) is 5.39. The van der Waals surface area contributed by atoms with Crippen LogP contribution in [0, 0.1) is 0 Å². The van der Waals surface area contributed by atoms with Crippen LogP contribution in [-0.2, 0) is 6.54 Å². The molecule has 2 aromatic rings. The summed E-state index contributed by atoms with van der Waals surface area (Å²) in [6, 6.07) is 13.6. The van der Waals surface area contributed by atoms with Gasteiger partial charge in [-0.3, -0.25) is 9.98 Å². The van der Waals surface area contributed by atoms with Crippen molar-refractivity contribution in [2.45, 2.75) is 6.54 Å². The van der Waals surface area contributed by atoms with Crippen LogP contribution in [0.2, 0.25) is 0 Å². The van der Waals surface area contributed by atoms with Crippen molar-refractivity contribution in [1.29, 1.82) is 0 Å². The fourth-order valence-electron chi connectivity index (χ4n) is 1.77. The molecule has 7 heteroatoms. The Labute approximate surface area is 162 Å². The van der Waals surface area contributed by atoms with Crippen molar-refractivity contribution in [1.82, 2.24) is 15.6 Å². The second-order valence-electron chi connectivity index (χ2n) is 4.48. The quantitative estimate of drug-likeness (QED) is 0.282. The number of ether oxygens (including phenoxy) is 1. The molecule has 0 unspecified atom stereocenters. The molecule has 0 aliphatic carbocycles. The Kier molecular flexibility index (Phi) is 9.61. The molecule has 5 nitrogen and oxygen atoms in total. The van der Waals surface area contributed by atoms with Crippen LogP contribution in [0.25, 0.3) is 0 Å². The van der Waals surface area contributed by atoms with Crippen molar-refractivity contribution in [2.24, 2.45) is 4.99 Å². The molecule has 2 N–H and O–H groups in total. The van der Waals surface area contributed by atoms with Crippen LogP contribution in [0.3, 0.4) is 0 Å². The molecule has 1 aromatic carbocycles. The van der Waals surface area contributed by atoms with E-state index in [-0.39, 0.29) is 24.0 Å². The molecule has 1 aromatic heterocycles. The van der Waals surface area contributed by atoms with Gasteiger partial charge < -0.3 is 15.4 Å². The van der Waals surface area contributed by atoms with E-state index in [0.29, 0.717) is 19.7 Å². The molecule has 0 spiro atoms. The molecule has 0 aliphatic rings. The number of nitrogens with one attached hydrogen (secondary N) is 2. The fourth-order valence-corrected chi connectivity index (χ4v) is 2.03. The summed E-state index contributed by atoms with van der Waals surface area (Å²) < 4.78 is 6.68. The Hall–Kier alpha value is -1.35. The maximum atomic E-state index is 5.64. The van der Waals surface area contributed by atoms with Gasteiger partial charge >= 0.3 is 0 Å². The van der Waals surface area contributed by atoms with E-state index < -0.39 is 0 Å². The van der Waals surface area contributed by atoms with Crippen LogP contribution in [0.1, 0.15) is 5.69 Å².